The number of para-hydroxylation sites is 1. The van der Waals surface area contributed by atoms with Gasteiger partial charge in [0, 0.05) is 5.56 Å². The Bertz CT molecular complexity index is 1400. The number of thiocarbonyl (C=S) groups is 1. The molecule has 2 amide bonds. The standard InChI is InChI=1S/C27H22N2O7S/c1-34-20-12-10-19(11-13-20)29-25(31)21(24(30)28-27(29)37)14-18-4-3-5-22(35-2)23(18)36-15-16-6-8-17(9-7-16)26(32)33/h3-14H,15H2,1-2H3,(H,32,33)(H,28,30,37)/b21-14+. The smallest absolute Gasteiger partial charge is 0.335 e. The third kappa shape index (κ3) is 5.44. The third-order valence-corrected chi connectivity index (χ3v) is 5.83. The minimum Gasteiger partial charge on any atom is -0.497 e. The SMILES string of the molecule is COc1ccc(N2C(=O)/C(=C/c3cccc(OC)c3OCc3ccc(C(=O)O)cc3)C(=O)NC2=S)cc1. The number of benzene rings is 3. The predicted octanol–water partition coefficient (Wildman–Crippen LogP) is 3.81. The lowest BCUT2D eigenvalue weighted by molar-refractivity contribution is -0.122. The fourth-order valence-electron chi connectivity index (χ4n) is 3.64. The van der Waals surface area contributed by atoms with Crippen LogP contribution in [0, 0.1) is 0 Å². The summed E-state index contributed by atoms with van der Waals surface area (Å²) < 4.78 is 16.6. The number of anilines is 1. The molecule has 1 heterocycles. The van der Waals surface area contributed by atoms with E-state index >= 15 is 0 Å². The van der Waals surface area contributed by atoms with Gasteiger partial charge in [0.2, 0.25) is 0 Å². The molecule has 0 spiro atoms. The Balaban J connectivity index is 1.66. The summed E-state index contributed by atoms with van der Waals surface area (Å²) in [4.78, 5) is 38.5. The van der Waals surface area contributed by atoms with Crippen LogP contribution in [0.15, 0.2) is 72.3 Å². The van der Waals surface area contributed by atoms with Crippen LogP contribution in [-0.2, 0) is 16.2 Å². The van der Waals surface area contributed by atoms with Gasteiger partial charge in [-0.3, -0.25) is 19.8 Å². The van der Waals surface area contributed by atoms with Crippen molar-refractivity contribution in [1.29, 1.82) is 0 Å². The minimum absolute atomic E-state index is 0.0377. The number of nitrogens with zero attached hydrogens (tertiary/aromatic N) is 1. The summed E-state index contributed by atoms with van der Waals surface area (Å²) in [6.45, 7) is 0.0959. The molecule has 1 fully saturated rings. The quantitative estimate of drug-likeness (QED) is 0.263. The van der Waals surface area contributed by atoms with Gasteiger partial charge in [0.15, 0.2) is 16.6 Å². The first kappa shape index (κ1) is 25.4. The highest BCUT2D eigenvalue weighted by Crippen LogP contribution is 2.34. The second-order valence-electron chi connectivity index (χ2n) is 7.83. The summed E-state index contributed by atoms with van der Waals surface area (Å²) >= 11 is 5.26. The van der Waals surface area contributed by atoms with Gasteiger partial charge in [-0.05, 0) is 66.3 Å². The number of hydrogen-bond donors (Lipinski definition) is 2. The first-order valence-electron chi connectivity index (χ1n) is 11.0. The van der Waals surface area contributed by atoms with Crippen molar-refractivity contribution in [3.05, 3.63) is 89.0 Å². The highest BCUT2D eigenvalue weighted by atomic mass is 32.1. The molecule has 10 heteroatoms. The molecule has 0 unspecified atom stereocenters. The number of methoxy groups -OCH3 is 2. The van der Waals surface area contributed by atoms with Crippen LogP contribution in [0.2, 0.25) is 0 Å². The Morgan fingerprint density at radius 1 is 1.00 bits per heavy atom. The van der Waals surface area contributed by atoms with Gasteiger partial charge in [0.25, 0.3) is 11.8 Å². The average molecular weight is 519 g/mol. The van der Waals surface area contributed by atoms with Crippen molar-refractivity contribution in [2.45, 2.75) is 6.61 Å². The summed E-state index contributed by atoms with van der Waals surface area (Å²) in [6, 6.07) is 18.0. The number of aromatic carboxylic acids is 1. The van der Waals surface area contributed by atoms with Crippen LogP contribution < -0.4 is 24.4 Å². The second kappa shape index (κ2) is 10.9. The van der Waals surface area contributed by atoms with Crippen molar-refractivity contribution in [3.8, 4) is 17.2 Å². The van der Waals surface area contributed by atoms with Crippen molar-refractivity contribution < 1.29 is 33.7 Å². The normalized spacial score (nSPS) is 14.4. The summed E-state index contributed by atoms with van der Waals surface area (Å²) in [7, 11) is 3.01. The van der Waals surface area contributed by atoms with Gasteiger partial charge in [0.1, 0.15) is 17.9 Å². The lowest BCUT2D eigenvalue weighted by Gasteiger charge is -2.29. The third-order valence-electron chi connectivity index (χ3n) is 5.55. The monoisotopic (exact) mass is 518 g/mol. The lowest BCUT2D eigenvalue weighted by Crippen LogP contribution is -2.54. The molecule has 0 radical (unpaired) electrons. The van der Waals surface area contributed by atoms with E-state index in [0.717, 1.165) is 5.56 Å². The summed E-state index contributed by atoms with van der Waals surface area (Å²) in [5.74, 6) is -0.957. The Labute approximate surface area is 217 Å². The molecule has 0 saturated carbocycles. The van der Waals surface area contributed by atoms with Crippen LogP contribution in [0.4, 0.5) is 5.69 Å². The van der Waals surface area contributed by atoms with Gasteiger partial charge in [0.05, 0.1) is 25.5 Å². The van der Waals surface area contributed by atoms with Crippen molar-refractivity contribution in [2.24, 2.45) is 0 Å². The van der Waals surface area contributed by atoms with E-state index in [-0.39, 0.29) is 22.9 Å². The number of carbonyl (C=O) groups excluding carboxylic acids is 2. The van der Waals surface area contributed by atoms with Crippen LogP contribution in [-0.4, -0.2) is 42.2 Å². The van der Waals surface area contributed by atoms with E-state index in [0.29, 0.717) is 28.5 Å². The molecule has 2 N–H and O–H groups in total. The lowest BCUT2D eigenvalue weighted by atomic mass is 10.1. The van der Waals surface area contributed by atoms with Crippen LogP contribution >= 0.6 is 12.2 Å². The Hall–Kier alpha value is -4.70. The number of nitrogens with one attached hydrogen (secondary N) is 1. The van der Waals surface area contributed by atoms with Crippen molar-refractivity contribution in [3.63, 3.8) is 0 Å². The molecular weight excluding hydrogens is 496 g/mol. The first-order chi connectivity index (χ1) is 17.8. The number of rotatable bonds is 8. The molecule has 3 aromatic rings. The van der Waals surface area contributed by atoms with E-state index in [1.807, 2.05) is 0 Å². The summed E-state index contributed by atoms with van der Waals surface area (Å²) in [5, 5.41) is 11.6. The molecule has 4 rings (SSSR count). The molecule has 0 bridgehead atoms. The van der Waals surface area contributed by atoms with Gasteiger partial charge in [-0.25, -0.2) is 4.79 Å². The fraction of sp³-hybridized carbons (Fsp3) is 0.111. The number of ether oxygens (including phenoxy) is 3. The number of amides is 2. The number of carboxylic acids is 1. The van der Waals surface area contributed by atoms with Crippen molar-refractivity contribution in [1.82, 2.24) is 5.32 Å². The molecule has 37 heavy (non-hydrogen) atoms. The van der Waals surface area contributed by atoms with E-state index in [1.54, 1.807) is 54.6 Å². The molecule has 1 saturated heterocycles. The van der Waals surface area contributed by atoms with E-state index in [1.165, 1.54) is 37.3 Å². The van der Waals surface area contributed by atoms with E-state index < -0.39 is 17.8 Å². The molecule has 0 aromatic heterocycles. The van der Waals surface area contributed by atoms with Gasteiger partial charge in [-0.15, -0.1) is 0 Å². The van der Waals surface area contributed by atoms with Crippen LogP contribution in [0.3, 0.4) is 0 Å². The molecular formula is C27H22N2O7S. The maximum absolute atomic E-state index is 13.4. The summed E-state index contributed by atoms with van der Waals surface area (Å²) in [5.41, 5.74) is 1.63. The highest BCUT2D eigenvalue weighted by molar-refractivity contribution is 7.80. The maximum Gasteiger partial charge on any atom is 0.335 e. The van der Waals surface area contributed by atoms with Crippen molar-refractivity contribution in [2.75, 3.05) is 19.1 Å². The fourth-order valence-corrected chi connectivity index (χ4v) is 3.92. The van der Waals surface area contributed by atoms with Crippen molar-refractivity contribution >= 4 is 46.9 Å². The molecule has 188 valence electrons. The number of carbonyl (C=O) groups is 3. The zero-order valence-corrected chi connectivity index (χ0v) is 20.7. The largest absolute Gasteiger partial charge is 0.497 e. The van der Waals surface area contributed by atoms with E-state index in [4.69, 9.17) is 31.5 Å². The zero-order valence-electron chi connectivity index (χ0n) is 19.9. The Morgan fingerprint density at radius 2 is 1.70 bits per heavy atom. The molecule has 1 aliphatic heterocycles. The van der Waals surface area contributed by atoms with Crippen LogP contribution in [0.5, 0.6) is 17.2 Å². The molecule has 0 atom stereocenters. The highest BCUT2D eigenvalue weighted by Gasteiger charge is 2.34. The molecule has 3 aromatic carbocycles. The van der Waals surface area contributed by atoms with Gasteiger partial charge in [-0.2, -0.15) is 0 Å². The number of carboxylic acid groups (broad SMARTS) is 1. The van der Waals surface area contributed by atoms with E-state index in [9.17, 15) is 14.4 Å². The molecule has 1 aliphatic rings. The Kier molecular flexibility index (Phi) is 7.49. The second-order valence-corrected chi connectivity index (χ2v) is 8.21. The predicted molar refractivity (Wildman–Crippen MR) is 140 cm³/mol. The van der Waals surface area contributed by atoms with Gasteiger partial charge >= 0.3 is 5.97 Å². The average Bonchev–Trinajstić information content (AvgIpc) is 2.90. The minimum atomic E-state index is -1.02. The molecule has 0 aliphatic carbocycles. The summed E-state index contributed by atoms with van der Waals surface area (Å²) in [6.07, 6.45) is 1.42. The van der Waals surface area contributed by atoms with Gasteiger partial charge in [-0.1, -0.05) is 24.3 Å². The topological polar surface area (TPSA) is 114 Å². The Morgan fingerprint density at radius 3 is 2.32 bits per heavy atom. The van der Waals surface area contributed by atoms with Crippen LogP contribution in [0.1, 0.15) is 21.5 Å². The van der Waals surface area contributed by atoms with Gasteiger partial charge < -0.3 is 19.3 Å². The van der Waals surface area contributed by atoms with E-state index in [2.05, 4.69) is 5.32 Å². The zero-order chi connectivity index (χ0) is 26.5. The maximum atomic E-state index is 13.4. The number of hydrogen-bond acceptors (Lipinski definition) is 7. The van der Waals surface area contributed by atoms with Crippen LogP contribution in [0.25, 0.3) is 6.08 Å². The first-order valence-corrected chi connectivity index (χ1v) is 11.4. The molecule has 9 nitrogen and oxygen atoms in total.